The van der Waals surface area contributed by atoms with Crippen LogP contribution in [-0.4, -0.2) is 44.6 Å². The van der Waals surface area contributed by atoms with Crippen LogP contribution >= 0.6 is 0 Å². The molecule has 1 aliphatic heterocycles. The molecule has 3 unspecified atom stereocenters. The van der Waals surface area contributed by atoms with Crippen LogP contribution in [0.15, 0.2) is 53.5 Å². The van der Waals surface area contributed by atoms with Gasteiger partial charge in [-0.15, -0.1) is 0 Å². The lowest BCUT2D eigenvalue weighted by Gasteiger charge is -2.17. The van der Waals surface area contributed by atoms with Crippen molar-refractivity contribution in [2.45, 2.75) is 31.7 Å². The topological polar surface area (TPSA) is 71.1 Å². The second-order valence-electron chi connectivity index (χ2n) is 7.98. The van der Waals surface area contributed by atoms with Crippen LogP contribution < -0.4 is 4.72 Å². The smallest absolute Gasteiger partial charge is 0.291 e. The van der Waals surface area contributed by atoms with Crippen LogP contribution in [0.25, 0.3) is 5.57 Å². The number of allylic oxidation sites excluding steroid dienone is 4. The molecule has 1 aromatic carbocycles. The quantitative estimate of drug-likeness (QED) is 0.767. The molecule has 146 valence electrons. The fourth-order valence-electron chi connectivity index (χ4n) is 4.32. The van der Waals surface area contributed by atoms with Gasteiger partial charge < -0.3 is 4.90 Å². The summed E-state index contributed by atoms with van der Waals surface area (Å²) in [5.74, 6) is 0.386. The van der Waals surface area contributed by atoms with Gasteiger partial charge >= 0.3 is 0 Å². The van der Waals surface area contributed by atoms with Crippen LogP contribution in [0.2, 0.25) is 0 Å². The minimum absolute atomic E-state index is 0.00214. The molecule has 3 aliphatic rings. The predicted molar refractivity (Wildman–Crippen MR) is 108 cm³/mol. The number of nitrogens with zero attached hydrogens (tertiary/aromatic N) is 1. The van der Waals surface area contributed by atoms with E-state index in [1.54, 1.807) is 0 Å². The summed E-state index contributed by atoms with van der Waals surface area (Å²) >= 11 is 0. The monoisotopic (exact) mass is 397 g/mol. The summed E-state index contributed by atoms with van der Waals surface area (Å²) in [5, 5.41) is 0. The summed E-state index contributed by atoms with van der Waals surface area (Å²) < 4.78 is 24.4. The molecule has 0 aromatic heterocycles. The molecule has 2 aliphatic carbocycles. The summed E-state index contributed by atoms with van der Waals surface area (Å²) in [5.41, 5.74) is 10.7. The number of amides is 1. The highest BCUT2D eigenvalue weighted by atomic mass is 32.2. The Hall–Kier alpha value is -2.36. The van der Waals surface area contributed by atoms with Gasteiger partial charge in [-0.05, 0) is 48.1 Å². The number of primary sulfonamides is 1. The molecule has 2 N–H and O–H groups in total. The Bertz CT molecular complexity index is 1060. The van der Waals surface area contributed by atoms with Gasteiger partial charge in [0.2, 0.25) is 5.91 Å². The third-order valence-corrected chi connectivity index (χ3v) is 6.61. The van der Waals surface area contributed by atoms with Gasteiger partial charge in [-0.3, -0.25) is 4.79 Å². The molecule has 6 heteroatoms. The van der Waals surface area contributed by atoms with Gasteiger partial charge in [-0.1, -0.05) is 35.7 Å². The third-order valence-electron chi connectivity index (χ3n) is 5.73. The first-order valence-electron chi connectivity index (χ1n) is 9.65. The van der Waals surface area contributed by atoms with Crippen LogP contribution in [0.4, 0.5) is 0 Å². The van der Waals surface area contributed by atoms with E-state index in [0.29, 0.717) is 13.1 Å². The number of sulfonamides is 1. The predicted octanol–water partition coefficient (Wildman–Crippen LogP) is 1.57. The summed E-state index contributed by atoms with van der Waals surface area (Å²) in [6.45, 7) is 3.18. The van der Waals surface area contributed by atoms with E-state index in [9.17, 15) is 13.2 Å². The highest BCUT2D eigenvalue weighted by Crippen LogP contribution is 2.51. The lowest BCUT2D eigenvalue weighted by molar-refractivity contribution is -0.535. The molecule has 2 fully saturated rings. The van der Waals surface area contributed by atoms with Crippen LogP contribution in [0.5, 0.6) is 0 Å². The fourth-order valence-corrected chi connectivity index (χ4v) is 5.24. The molecule has 1 aromatic rings. The van der Waals surface area contributed by atoms with E-state index in [-0.39, 0.29) is 23.8 Å². The zero-order valence-electron chi connectivity index (χ0n) is 16.2. The highest BCUT2D eigenvalue weighted by molar-refractivity contribution is 7.84. The van der Waals surface area contributed by atoms with Gasteiger partial charge in [-0.2, -0.15) is 8.42 Å². The average molecular weight is 398 g/mol. The molecule has 0 spiro atoms. The van der Waals surface area contributed by atoms with E-state index in [2.05, 4.69) is 29.7 Å². The maximum atomic E-state index is 13.0. The number of hydrogen-bond donors (Lipinski definition) is 1. The largest absolute Gasteiger partial charge is 0.336 e. The van der Waals surface area contributed by atoms with Gasteiger partial charge in [0.05, 0.1) is 12.8 Å². The maximum Gasteiger partial charge on any atom is 0.291 e. The number of rotatable bonds is 5. The SMILES string of the molecule is CC1=C=C=CC=C1c1ccccc1C1CC1C(=O)N1CCC([NH2+]S(C)(=O)=O)C1. The molecule has 3 atom stereocenters. The van der Waals surface area contributed by atoms with Gasteiger partial charge in [-0.25, -0.2) is 4.72 Å². The maximum absolute atomic E-state index is 13.0. The van der Waals surface area contributed by atoms with Gasteiger partial charge in [0.1, 0.15) is 6.04 Å². The summed E-state index contributed by atoms with van der Waals surface area (Å²) in [6.07, 6.45) is 6.72. The first-order chi connectivity index (χ1) is 13.3. The highest BCUT2D eigenvalue weighted by Gasteiger charge is 2.48. The molecule has 28 heavy (non-hydrogen) atoms. The Kier molecular flexibility index (Phi) is 4.90. The first kappa shape index (κ1) is 19.0. The van der Waals surface area contributed by atoms with E-state index >= 15 is 0 Å². The van der Waals surface area contributed by atoms with Crippen molar-refractivity contribution in [2.75, 3.05) is 19.3 Å². The van der Waals surface area contributed by atoms with Crippen molar-refractivity contribution in [3.8, 4) is 0 Å². The molecule has 0 bridgehead atoms. The number of carbonyl (C=O) groups is 1. The second kappa shape index (κ2) is 7.23. The van der Waals surface area contributed by atoms with Gasteiger partial charge in [0, 0.05) is 24.5 Å². The average Bonchev–Trinajstić information content (AvgIpc) is 3.32. The third kappa shape index (κ3) is 3.91. The molecule has 1 amide bonds. The van der Waals surface area contributed by atoms with Crippen LogP contribution in [-0.2, 0) is 14.8 Å². The number of quaternary nitrogens is 1. The Morgan fingerprint density at radius 2 is 2.07 bits per heavy atom. The van der Waals surface area contributed by atoms with Gasteiger partial charge in [0.15, 0.2) is 0 Å². The Morgan fingerprint density at radius 3 is 2.82 bits per heavy atom. The summed E-state index contributed by atoms with van der Waals surface area (Å²) in [6, 6.07) is 8.23. The molecule has 1 saturated heterocycles. The van der Waals surface area contributed by atoms with E-state index in [1.807, 2.05) is 30.0 Å². The summed E-state index contributed by atoms with van der Waals surface area (Å²) in [7, 11) is -3.12. The van der Waals surface area contributed by atoms with Crippen molar-refractivity contribution in [1.29, 1.82) is 0 Å². The molecule has 0 radical (unpaired) electrons. The molecule has 4 rings (SSSR count). The fraction of sp³-hybridized carbons (Fsp3) is 0.409. The minimum atomic E-state index is -3.12. The van der Waals surface area contributed by atoms with Gasteiger partial charge in [0.25, 0.3) is 10.0 Å². The Balaban J connectivity index is 1.47. The van der Waals surface area contributed by atoms with Crippen LogP contribution in [0.3, 0.4) is 0 Å². The summed E-state index contributed by atoms with van der Waals surface area (Å²) in [4.78, 5) is 14.8. The lowest BCUT2D eigenvalue weighted by atomic mass is 9.91. The molecular formula is C22H25N2O3S+. The lowest BCUT2D eigenvalue weighted by Crippen LogP contribution is -2.92. The van der Waals surface area contributed by atoms with Crippen molar-refractivity contribution in [1.82, 2.24) is 4.90 Å². The number of likely N-dealkylation sites (tertiary alicyclic amines) is 1. The number of carbonyl (C=O) groups excluding carboxylic acids is 1. The first-order valence-corrected chi connectivity index (χ1v) is 11.6. The van der Waals surface area contributed by atoms with E-state index in [4.69, 9.17) is 0 Å². The minimum Gasteiger partial charge on any atom is -0.336 e. The number of nitrogens with two attached hydrogens (primary N) is 1. The number of hydrogen-bond acceptors (Lipinski definition) is 3. The van der Waals surface area contributed by atoms with Crippen molar-refractivity contribution < 1.29 is 17.9 Å². The second-order valence-corrected chi connectivity index (χ2v) is 9.91. The molecule has 5 nitrogen and oxygen atoms in total. The zero-order chi connectivity index (χ0) is 19.9. The number of benzene rings is 1. The van der Waals surface area contributed by atoms with Crippen molar-refractivity contribution in [3.63, 3.8) is 0 Å². The Morgan fingerprint density at radius 1 is 1.29 bits per heavy atom. The molecular weight excluding hydrogens is 372 g/mol. The van der Waals surface area contributed by atoms with E-state index in [1.165, 1.54) is 16.5 Å². The van der Waals surface area contributed by atoms with Crippen molar-refractivity contribution in [2.24, 2.45) is 5.92 Å². The Labute approximate surface area is 166 Å². The van der Waals surface area contributed by atoms with E-state index < -0.39 is 10.0 Å². The zero-order valence-corrected chi connectivity index (χ0v) is 17.0. The van der Waals surface area contributed by atoms with Crippen LogP contribution in [0, 0.1) is 5.92 Å². The molecule has 1 saturated carbocycles. The standard InChI is InChI=1S/C22H24N2O3S/c1-15-7-3-4-8-17(15)18-9-5-6-10-19(18)20-13-21(20)22(25)24-12-11-16(14-24)23-28(2,26)27/h4-6,8-10,16,20-21,23H,11-14H2,1-2H3/p+1. The van der Waals surface area contributed by atoms with Crippen molar-refractivity contribution in [3.05, 3.63) is 64.6 Å². The van der Waals surface area contributed by atoms with E-state index in [0.717, 1.165) is 29.6 Å². The normalized spacial score (nSPS) is 26.2. The van der Waals surface area contributed by atoms with Crippen molar-refractivity contribution >= 4 is 21.5 Å². The van der Waals surface area contributed by atoms with Crippen LogP contribution in [0.1, 0.15) is 36.8 Å². The molecule has 1 heterocycles.